The molecule has 0 fully saturated rings. The fourth-order valence-corrected chi connectivity index (χ4v) is 2.67. The normalized spacial score (nSPS) is 12.4. The van der Waals surface area contributed by atoms with Gasteiger partial charge in [-0.25, -0.2) is 4.39 Å². The average molecular weight is 314 g/mol. The van der Waals surface area contributed by atoms with Crippen LogP contribution >= 0.6 is 27.5 Å². The Balaban J connectivity index is 2.17. The van der Waals surface area contributed by atoms with E-state index in [4.69, 9.17) is 11.6 Å². The van der Waals surface area contributed by atoms with Crippen LogP contribution in [0.2, 0.25) is 5.02 Å². The smallest absolute Gasteiger partial charge is 0.127 e. The fourth-order valence-electron chi connectivity index (χ4n) is 1.71. The largest absolute Gasteiger partial charge is 0.207 e. The van der Waals surface area contributed by atoms with Crippen LogP contribution in [0.1, 0.15) is 16.0 Å². The molecule has 0 aliphatic carbocycles. The van der Waals surface area contributed by atoms with Gasteiger partial charge in [0.2, 0.25) is 0 Å². The second-order valence-electron chi connectivity index (χ2n) is 3.82. The van der Waals surface area contributed by atoms with Crippen molar-refractivity contribution in [1.82, 2.24) is 0 Å². The molecule has 0 amide bonds. The summed E-state index contributed by atoms with van der Waals surface area (Å²) in [6.45, 7) is 0. The van der Waals surface area contributed by atoms with E-state index in [0.29, 0.717) is 17.0 Å². The van der Waals surface area contributed by atoms with Gasteiger partial charge < -0.3 is 0 Å². The standard InChI is InChI=1S/C14H11BrClF/c15-13(12-6-1-2-7-14(12)17)9-10-4-3-5-11(16)8-10/h1-8,13H,9H2. The number of halogens is 3. The van der Waals surface area contributed by atoms with Crippen LogP contribution < -0.4 is 0 Å². The van der Waals surface area contributed by atoms with Crippen LogP contribution in [0, 0.1) is 5.82 Å². The Kier molecular flexibility index (Phi) is 4.19. The minimum absolute atomic E-state index is 0.0397. The van der Waals surface area contributed by atoms with Crippen LogP contribution in [0.3, 0.4) is 0 Å². The first-order valence-electron chi connectivity index (χ1n) is 5.30. The summed E-state index contributed by atoms with van der Waals surface area (Å²) in [4.78, 5) is -0.0397. The van der Waals surface area contributed by atoms with E-state index in [1.54, 1.807) is 12.1 Å². The molecule has 17 heavy (non-hydrogen) atoms. The zero-order valence-corrected chi connectivity index (χ0v) is 11.4. The van der Waals surface area contributed by atoms with Gasteiger partial charge in [0.05, 0.1) is 0 Å². The molecular formula is C14H11BrClF. The highest BCUT2D eigenvalue weighted by Crippen LogP contribution is 2.29. The second kappa shape index (κ2) is 5.65. The third kappa shape index (κ3) is 3.30. The molecule has 0 radical (unpaired) electrons. The van der Waals surface area contributed by atoms with Crippen molar-refractivity contribution < 1.29 is 4.39 Å². The highest BCUT2D eigenvalue weighted by atomic mass is 79.9. The van der Waals surface area contributed by atoms with Crippen molar-refractivity contribution in [3.05, 3.63) is 70.5 Å². The van der Waals surface area contributed by atoms with Crippen molar-refractivity contribution in [2.45, 2.75) is 11.2 Å². The second-order valence-corrected chi connectivity index (χ2v) is 5.36. The molecule has 0 nitrogen and oxygen atoms in total. The van der Waals surface area contributed by atoms with Gasteiger partial charge in [0.25, 0.3) is 0 Å². The summed E-state index contributed by atoms with van der Waals surface area (Å²) < 4.78 is 13.6. The quantitative estimate of drug-likeness (QED) is 0.687. The molecule has 0 aromatic heterocycles. The maximum absolute atomic E-state index is 13.6. The van der Waals surface area contributed by atoms with E-state index in [1.165, 1.54) is 6.07 Å². The SMILES string of the molecule is Fc1ccccc1C(Br)Cc1cccc(Cl)c1. The van der Waals surface area contributed by atoms with Crippen LogP contribution in [-0.2, 0) is 6.42 Å². The summed E-state index contributed by atoms with van der Waals surface area (Å²) in [6, 6.07) is 14.4. The number of alkyl halides is 1. The first-order chi connectivity index (χ1) is 8.16. The number of benzene rings is 2. The Labute approximate surface area is 114 Å². The van der Waals surface area contributed by atoms with Crippen molar-refractivity contribution in [2.24, 2.45) is 0 Å². The van der Waals surface area contributed by atoms with Gasteiger partial charge in [0.1, 0.15) is 5.82 Å². The lowest BCUT2D eigenvalue weighted by Crippen LogP contribution is -1.98. The molecular weight excluding hydrogens is 303 g/mol. The lowest BCUT2D eigenvalue weighted by Gasteiger charge is -2.11. The topological polar surface area (TPSA) is 0 Å². The molecule has 0 spiro atoms. The highest BCUT2D eigenvalue weighted by Gasteiger charge is 2.12. The van der Waals surface area contributed by atoms with Crippen molar-refractivity contribution in [1.29, 1.82) is 0 Å². The predicted octanol–water partition coefficient (Wildman–Crippen LogP) is 5.16. The fraction of sp³-hybridized carbons (Fsp3) is 0.143. The van der Waals surface area contributed by atoms with Crippen LogP contribution in [0.15, 0.2) is 48.5 Å². The van der Waals surface area contributed by atoms with E-state index in [9.17, 15) is 4.39 Å². The Morgan fingerprint density at radius 1 is 1.12 bits per heavy atom. The summed E-state index contributed by atoms with van der Waals surface area (Å²) >= 11 is 9.43. The Morgan fingerprint density at radius 2 is 1.88 bits per heavy atom. The van der Waals surface area contributed by atoms with E-state index < -0.39 is 0 Å². The first-order valence-corrected chi connectivity index (χ1v) is 6.59. The lowest BCUT2D eigenvalue weighted by molar-refractivity contribution is 0.608. The van der Waals surface area contributed by atoms with Gasteiger partial charge in [-0.3, -0.25) is 0 Å². The first kappa shape index (κ1) is 12.6. The van der Waals surface area contributed by atoms with E-state index in [2.05, 4.69) is 15.9 Å². The zero-order chi connectivity index (χ0) is 12.3. The van der Waals surface area contributed by atoms with Gasteiger partial charge in [-0.1, -0.05) is 57.9 Å². The molecule has 0 N–H and O–H groups in total. The summed E-state index contributed by atoms with van der Waals surface area (Å²) in [6.07, 6.45) is 0.710. The minimum Gasteiger partial charge on any atom is -0.207 e. The third-order valence-corrected chi connectivity index (χ3v) is 3.60. The Bertz CT molecular complexity index is 513. The Morgan fingerprint density at radius 3 is 2.59 bits per heavy atom. The Hall–Kier alpha value is -0.860. The predicted molar refractivity (Wildman–Crippen MR) is 73.2 cm³/mol. The van der Waals surface area contributed by atoms with E-state index in [0.717, 1.165) is 5.56 Å². The van der Waals surface area contributed by atoms with Gasteiger partial charge in [-0.2, -0.15) is 0 Å². The van der Waals surface area contributed by atoms with Crippen LogP contribution in [-0.4, -0.2) is 0 Å². The van der Waals surface area contributed by atoms with Crippen molar-refractivity contribution in [3.63, 3.8) is 0 Å². The van der Waals surface area contributed by atoms with E-state index in [-0.39, 0.29) is 10.6 Å². The molecule has 2 aromatic carbocycles. The van der Waals surface area contributed by atoms with Gasteiger partial charge in [0, 0.05) is 15.4 Å². The molecule has 1 atom stereocenters. The molecule has 0 heterocycles. The van der Waals surface area contributed by atoms with Crippen molar-refractivity contribution in [3.8, 4) is 0 Å². The van der Waals surface area contributed by atoms with Gasteiger partial charge in [0.15, 0.2) is 0 Å². The monoisotopic (exact) mass is 312 g/mol. The molecule has 0 aliphatic heterocycles. The minimum atomic E-state index is -0.184. The van der Waals surface area contributed by atoms with Gasteiger partial charge in [-0.15, -0.1) is 0 Å². The maximum atomic E-state index is 13.6. The number of rotatable bonds is 3. The molecule has 0 aliphatic rings. The summed E-state index contributed by atoms with van der Waals surface area (Å²) in [7, 11) is 0. The summed E-state index contributed by atoms with van der Waals surface area (Å²) in [5, 5.41) is 0.704. The summed E-state index contributed by atoms with van der Waals surface area (Å²) in [5.41, 5.74) is 1.76. The van der Waals surface area contributed by atoms with Crippen molar-refractivity contribution in [2.75, 3.05) is 0 Å². The molecule has 3 heteroatoms. The molecule has 0 saturated heterocycles. The lowest BCUT2D eigenvalue weighted by atomic mass is 10.0. The molecule has 88 valence electrons. The maximum Gasteiger partial charge on any atom is 0.127 e. The highest BCUT2D eigenvalue weighted by molar-refractivity contribution is 9.09. The van der Waals surface area contributed by atoms with Crippen LogP contribution in [0.5, 0.6) is 0 Å². The van der Waals surface area contributed by atoms with E-state index in [1.807, 2.05) is 30.3 Å². The van der Waals surface area contributed by atoms with Crippen LogP contribution in [0.4, 0.5) is 4.39 Å². The van der Waals surface area contributed by atoms with Gasteiger partial charge in [-0.05, 0) is 30.2 Å². The molecule has 0 saturated carbocycles. The summed E-state index contributed by atoms with van der Waals surface area (Å²) in [5.74, 6) is -0.184. The molecule has 2 rings (SSSR count). The number of hydrogen-bond acceptors (Lipinski definition) is 0. The van der Waals surface area contributed by atoms with Gasteiger partial charge >= 0.3 is 0 Å². The van der Waals surface area contributed by atoms with Crippen LogP contribution in [0.25, 0.3) is 0 Å². The molecule has 2 aromatic rings. The molecule has 1 unspecified atom stereocenters. The third-order valence-electron chi connectivity index (χ3n) is 2.55. The zero-order valence-electron chi connectivity index (χ0n) is 9.04. The number of hydrogen-bond donors (Lipinski definition) is 0. The average Bonchev–Trinajstić information content (AvgIpc) is 2.29. The molecule has 0 bridgehead atoms. The van der Waals surface area contributed by atoms with Crippen molar-refractivity contribution >= 4 is 27.5 Å². The van der Waals surface area contributed by atoms with E-state index >= 15 is 0 Å².